The molecule has 0 spiro atoms. The zero-order valence-corrected chi connectivity index (χ0v) is 18.3. The molecule has 1 heterocycles. The molecule has 0 amide bonds. The number of fused-ring (bicyclic) bond motifs is 1. The van der Waals surface area contributed by atoms with Crippen LogP contribution < -0.4 is 5.73 Å². The molecule has 0 aromatic heterocycles. The van der Waals surface area contributed by atoms with E-state index in [0.29, 0.717) is 10.0 Å². The Morgan fingerprint density at radius 2 is 1.85 bits per heavy atom. The molecule has 3 unspecified atom stereocenters. The van der Waals surface area contributed by atoms with Gasteiger partial charge in [0.2, 0.25) is 0 Å². The normalized spacial score (nSPS) is 30.1. The molecule has 0 bridgehead atoms. The second kappa shape index (κ2) is 7.31. The van der Waals surface area contributed by atoms with E-state index in [1.807, 2.05) is 0 Å². The van der Waals surface area contributed by atoms with E-state index >= 15 is 0 Å². The predicted octanol–water partition coefficient (Wildman–Crippen LogP) is 5.02. The van der Waals surface area contributed by atoms with Crippen LogP contribution in [0, 0.1) is 39.3 Å². The Morgan fingerprint density at radius 3 is 2.37 bits per heavy atom. The first kappa shape index (κ1) is 20.5. The van der Waals surface area contributed by atoms with Crippen LogP contribution in [0.1, 0.15) is 38.2 Å². The maximum Gasteiger partial charge on any atom is 0.175 e. The van der Waals surface area contributed by atoms with Crippen LogP contribution in [0.3, 0.4) is 0 Å². The van der Waals surface area contributed by atoms with Crippen LogP contribution in [0.2, 0.25) is 0 Å². The van der Waals surface area contributed by atoms with Crippen LogP contribution in [0.4, 0.5) is 4.39 Å². The first-order chi connectivity index (χ1) is 12.9. The summed E-state index contributed by atoms with van der Waals surface area (Å²) in [5.41, 5.74) is 4.16. The number of hydrogen-bond donors (Lipinski definition) is 1. The van der Waals surface area contributed by atoms with E-state index in [0.717, 1.165) is 24.3 Å². The quantitative estimate of drug-likeness (QED) is 0.570. The van der Waals surface area contributed by atoms with Crippen LogP contribution in [0.5, 0.6) is 0 Å². The van der Waals surface area contributed by atoms with Gasteiger partial charge in [0.1, 0.15) is 22.5 Å². The Labute approximate surface area is 175 Å². The molecule has 142 valence electrons. The summed E-state index contributed by atoms with van der Waals surface area (Å²) in [5, 5.41) is 20.4. The van der Waals surface area contributed by atoms with Crippen molar-refractivity contribution in [3.63, 3.8) is 0 Å². The highest BCUT2D eigenvalue weighted by atomic mass is 79.9. The number of benzene rings is 1. The number of thioether (sulfide) groups is 2. The monoisotopic (exact) mass is 466 g/mol. The Bertz CT molecular complexity index is 869. The van der Waals surface area contributed by atoms with Crippen LogP contribution in [0.15, 0.2) is 27.7 Å². The second-order valence-corrected chi connectivity index (χ2v) is 10.5. The molecule has 2 N–H and O–H groups in total. The molecule has 3 rings (SSSR count). The summed E-state index contributed by atoms with van der Waals surface area (Å²) in [6.07, 6.45) is 1.82. The lowest BCUT2D eigenvalue weighted by molar-refractivity contribution is 0.551. The van der Waals surface area contributed by atoms with Gasteiger partial charge in [-0.3, -0.25) is 0 Å². The molecular formula is C19H20BrFN4S2. The molecule has 1 aromatic carbocycles. The third-order valence-electron chi connectivity index (χ3n) is 5.20. The lowest BCUT2D eigenvalue weighted by atomic mass is 9.97. The Kier molecular flexibility index (Phi) is 5.55. The fourth-order valence-corrected chi connectivity index (χ4v) is 7.65. The van der Waals surface area contributed by atoms with Crippen molar-refractivity contribution in [3.8, 4) is 12.1 Å². The standard InChI is InChI=1S/C19H20BrFN4S2/c1-3-7-26-19(27-8-4-2)18(11-23)15(17(18,10-22)16(24)25-19)13-9-12(20)5-6-14(13)21/h5-6,9,15H,3-4,7-8H2,1-2H3,(H2,24,25). The van der Waals surface area contributed by atoms with Gasteiger partial charge in [-0.1, -0.05) is 29.8 Å². The van der Waals surface area contributed by atoms with Gasteiger partial charge in [-0.2, -0.15) is 10.5 Å². The van der Waals surface area contributed by atoms with Gasteiger partial charge >= 0.3 is 0 Å². The fraction of sp³-hybridized carbons (Fsp3) is 0.526. The average Bonchev–Trinajstić information content (AvgIpc) is 3.24. The molecule has 1 aliphatic heterocycles. The molecule has 1 aliphatic carbocycles. The summed E-state index contributed by atoms with van der Waals surface area (Å²) in [4.78, 5) is 4.68. The zero-order valence-electron chi connectivity index (χ0n) is 15.1. The van der Waals surface area contributed by atoms with Crippen molar-refractivity contribution in [1.82, 2.24) is 0 Å². The summed E-state index contributed by atoms with van der Waals surface area (Å²) < 4.78 is 14.5. The Balaban J connectivity index is 2.21. The van der Waals surface area contributed by atoms with Gasteiger partial charge in [0.15, 0.2) is 4.20 Å². The molecule has 8 heteroatoms. The van der Waals surface area contributed by atoms with Crippen molar-refractivity contribution in [1.29, 1.82) is 10.5 Å². The van der Waals surface area contributed by atoms with Gasteiger partial charge < -0.3 is 5.73 Å². The van der Waals surface area contributed by atoms with E-state index in [1.54, 1.807) is 35.7 Å². The molecular weight excluding hydrogens is 447 g/mol. The van der Waals surface area contributed by atoms with Gasteiger partial charge in [0, 0.05) is 10.4 Å². The van der Waals surface area contributed by atoms with E-state index in [9.17, 15) is 14.9 Å². The fourth-order valence-electron chi connectivity index (χ4n) is 4.04. The molecule has 4 nitrogen and oxygen atoms in total. The van der Waals surface area contributed by atoms with Gasteiger partial charge in [0.25, 0.3) is 0 Å². The molecule has 1 saturated carbocycles. The zero-order chi connectivity index (χ0) is 19.9. The summed E-state index contributed by atoms with van der Waals surface area (Å²) in [6.45, 7) is 4.12. The van der Waals surface area contributed by atoms with Crippen molar-refractivity contribution in [2.24, 2.45) is 21.6 Å². The highest BCUT2D eigenvalue weighted by Crippen LogP contribution is 2.85. The van der Waals surface area contributed by atoms with Crippen molar-refractivity contribution in [2.75, 3.05) is 11.5 Å². The van der Waals surface area contributed by atoms with Crippen LogP contribution in [-0.4, -0.2) is 21.5 Å². The minimum atomic E-state index is -1.29. The Morgan fingerprint density at radius 1 is 1.22 bits per heavy atom. The van der Waals surface area contributed by atoms with Gasteiger partial charge in [-0.25, -0.2) is 9.38 Å². The first-order valence-electron chi connectivity index (χ1n) is 8.81. The highest BCUT2D eigenvalue weighted by Gasteiger charge is 2.92. The number of nitrogens with two attached hydrogens (primary N) is 1. The highest BCUT2D eigenvalue weighted by molar-refractivity contribution is 9.10. The van der Waals surface area contributed by atoms with Gasteiger partial charge in [0.05, 0.1) is 12.1 Å². The van der Waals surface area contributed by atoms with Gasteiger partial charge in [-0.05, 0) is 48.1 Å². The SMILES string of the molecule is CCCSC1(SCCC)N=C(N)C2(C#N)C(c3cc(Br)ccc3F)C12C#N. The van der Waals surface area contributed by atoms with E-state index in [2.05, 4.69) is 46.9 Å². The summed E-state index contributed by atoms with van der Waals surface area (Å²) in [5.74, 6) is 0.662. The average molecular weight is 467 g/mol. The number of halogens is 2. The largest absolute Gasteiger partial charge is 0.386 e. The number of hydrogen-bond acceptors (Lipinski definition) is 6. The van der Waals surface area contributed by atoms with Crippen molar-refractivity contribution in [3.05, 3.63) is 34.1 Å². The first-order valence-corrected chi connectivity index (χ1v) is 11.6. The molecule has 2 aliphatic rings. The van der Waals surface area contributed by atoms with Gasteiger partial charge in [-0.15, -0.1) is 23.5 Å². The van der Waals surface area contributed by atoms with E-state index in [-0.39, 0.29) is 5.84 Å². The molecule has 1 fully saturated rings. The van der Waals surface area contributed by atoms with Crippen molar-refractivity contribution in [2.45, 2.75) is 36.8 Å². The lowest BCUT2D eigenvalue weighted by Gasteiger charge is -2.32. The predicted molar refractivity (Wildman–Crippen MR) is 113 cm³/mol. The van der Waals surface area contributed by atoms with Crippen LogP contribution >= 0.6 is 39.5 Å². The molecule has 3 atom stereocenters. The minimum absolute atomic E-state index is 0.156. The number of amidine groups is 1. The van der Waals surface area contributed by atoms with E-state index < -0.39 is 26.8 Å². The summed E-state index contributed by atoms with van der Waals surface area (Å²) in [7, 11) is 0. The summed E-state index contributed by atoms with van der Waals surface area (Å²) >= 11 is 6.49. The maximum absolute atomic E-state index is 14.7. The number of nitrogens with zero attached hydrogens (tertiary/aromatic N) is 3. The topological polar surface area (TPSA) is 86.0 Å². The number of aliphatic imine (C=N–C) groups is 1. The second-order valence-electron chi connectivity index (χ2n) is 6.71. The smallest absolute Gasteiger partial charge is 0.175 e. The molecule has 0 saturated heterocycles. The minimum Gasteiger partial charge on any atom is -0.386 e. The lowest BCUT2D eigenvalue weighted by Crippen LogP contribution is -2.32. The maximum atomic E-state index is 14.7. The molecule has 0 radical (unpaired) electrons. The Hall–Kier alpha value is -1.22. The number of rotatable bonds is 7. The van der Waals surface area contributed by atoms with Crippen LogP contribution in [0.25, 0.3) is 0 Å². The van der Waals surface area contributed by atoms with E-state index in [4.69, 9.17) is 5.73 Å². The van der Waals surface area contributed by atoms with Crippen LogP contribution in [-0.2, 0) is 0 Å². The third-order valence-corrected chi connectivity index (χ3v) is 9.23. The molecule has 27 heavy (non-hydrogen) atoms. The van der Waals surface area contributed by atoms with Crippen molar-refractivity contribution >= 4 is 45.3 Å². The number of nitriles is 2. The van der Waals surface area contributed by atoms with E-state index in [1.165, 1.54) is 6.07 Å². The summed E-state index contributed by atoms with van der Waals surface area (Å²) in [6, 6.07) is 9.29. The third kappa shape index (κ3) is 2.57. The van der Waals surface area contributed by atoms with Crippen molar-refractivity contribution < 1.29 is 4.39 Å². The molecule has 1 aromatic rings.